The van der Waals surface area contributed by atoms with Crippen LogP contribution in [0.2, 0.25) is 10.0 Å². The summed E-state index contributed by atoms with van der Waals surface area (Å²) >= 11 is 12.2. The lowest BCUT2D eigenvalue weighted by atomic mass is 10.0. The minimum atomic E-state index is -0.431. The van der Waals surface area contributed by atoms with Crippen LogP contribution in [0.3, 0.4) is 0 Å². The first-order chi connectivity index (χ1) is 14.0. The first-order valence-electron chi connectivity index (χ1n) is 9.06. The van der Waals surface area contributed by atoms with E-state index in [4.69, 9.17) is 32.7 Å². The number of anilines is 1. The summed E-state index contributed by atoms with van der Waals surface area (Å²) in [6, 6.07) is 11.7. The number of methoxy groups -OCH3 is 1. The first kappa shape index (κ1) is 19.8. The molecule has 0 radical (unpaired) electrons. The molecule has 2 aromatic rings. The number of hydrogen-bond donors (Lipinski definition) is 0. The molecule has 2 aliphatic heterocycles. The molecule has 6 nitrogen and oxygen atoms in total. The van der Waals surface area contributed by atoms with Crippen molar-refractivity contribution in [3.63, 3.8) is 0 Å². The van der Waals surface area contributed by atoms with E-state index in [1.54, 1.807) is 42.5 Å². The largest absolute Gasteiger partial charge is 0.495 e. The van der Waals surface area contributed by atoms with E-state index in [9.17, 15) is 9.59 Å². The van der Waals surface area contributed by atoms with E-state index in [1.807, 2.05) is 4.90 Å². The summed E-state index contributed by atoms with van der Waals surface area (Å²) in [5.41, 5.74) is 1.61. The molecular weight excluding hydrogens is 415 g/mol. The van der Waals surface area contributed by atoms with Crippen LogP contribution in [0.5, 0.6) is 5.75 Å². The molecule has 2 amide bonds. The number of ether oxygens (including phenoxy) is 2. The lowest BCUT2D eigenvalue weighted by Crippen LogP contribution is -2.40. The molecule has 1 saturated heterocycles. The summed E-state index contributed by atoms with van der Waals surface area (Å²) in [6.07, 6.45) is 0. The second kappa shape index (κ2) is 8.06. The number of amides is 2. The Balaban J connectivity index is 1.86. The van der Waals surface area contributed by atoms with E-state index in [-0.39, 0.29) is 0 Å². The number of morpholine rings is 1. The molecule has 0 spiro atoms. The third-order valence-electron chi connectivity index (χ3n) is 4.90. The molecule has 2 aromatic carbocycles. The molecule has 0 unspecified atom stereocenters. The summed E-state index contributed by atoms with van der Waals surface area (Å²) in [4.78, 5) is 30.0. The second-order valence-electron chi connectivity index (χ2n) is 6.59. The van der Waals surface area contributed by atoms with Crippen molar-refractivity contribution in [3.05, 3.63) is 63.8 Å². The third kappa shape index (κ3) is 3.59. The summed E-state index contributed by atoms with van der Waals surface area (Å²) in [5.74, 6) is -0.461. The maximum absolute atomic E-state index is 13.5. The topological polar surface area (TPSA) is 59.1 Å². The molecule has 29 heavy (non-hydrogen) atoms. The SMILES string of the molecule is COc1ccc(Cl)cc1N1C(=O)C(c2ccc(Cl)cc2)=C(N2CCOCC2)C1=O. The van der Waals surface area contributed by atoms with Gasteiger partial charge in [0.2, 0.25) is 0 Å². The zero-order chi connectivity index (χ0) is 20.5. The second-order valence-corrected chi connectivity index (χ2v) is 7.46. The monoisotopic (exact) mass is 432 g/mol. The molecule has 4 rings (SSSR count). The Kier molecular flexibility index (Phi) is 5.50. The van der Waals surface area contributed by atoms with Gasteiger partial charge in [-0.2, -0.15) is 0 Å². The van der Waals surface area contributed by atoms with Crippen LogP contribution in [0.25, 0.3) is 5.57 Å². The number of carbonyl (C=O) groups is 2. The lowest BCUT2D eigenvalue weighted by molar-refractivity contribution is -0.121. The van der Waals surface area contributed by atoms with Gasteiger partial charge in [-0.1, -0.05) is 35.3 Å². The highest BCUT2D eigenvalue weighted by Gasteiger charge is 2.43. The number of halogens is 2. The van der Waals surface area contributed by atoms with Gasteiger partial charge in [-0.3, -0.25) is 9.59 Å². The maximum Gasteiger partial charge on any atom is 0.282 e. The number of carbonyl (C=O) groups excluding carboxylic acids is 2. The van der Waals surface area contributed by atoms with Crippen LogP contribution in [0.1, 0.15) is 5.56 Å². The van der Waals surface area contributed by atoms with Crippen molar-refractivity contribution >= 4 is 46.3 Å². The van der Waals surface area contributed by atoms with Crippen LogP contribution in [0.4, 0.5) is 5.69 Å². The molecule has 0 aromatic heterocycles. The molecule has 0 N–H and O–H groups in total. The van der Waals surface area contributed by atoms with Crippen LogP contribution in [0, 0.1) is 0 Å². The highest BCUT2D eigenvalue weighted by molar-refractivity contribution is 6.46. The van der Waals surface area contributed by atoms with E-state index >= 15 is 0 Å². The maximum atomic E-state index is 13.5. The van der Waals surface area contributed by atoms with Crippen molar-refractivity contribution in [3.8, 4) is 5.75 Å². The minimum absolute atomic E-state index is 0.310. The van der Waals surface area contributed by atoms with Gasteiger partial charge in [0, 0.05) is 23.1 Å². The van der Waals surface area contributed by atoms with E-state index in [1.165, 1.54) is 7.11 Å². The number of rotatable bonds is 4. The van der Waals surface area contributed by atoms with E-state index < -0.39 is 11.8 Å². The van der Waals surface area contributed by atoms with Crippen molar-refractivity contribution in [2.45, 2.75) is 0 Å². The summed E-state index contributed by atoms with van der Waals surface area (Å²) in [5, 5.41) is 0.946. The molecule has 0 saturated carbocycles. The Hall–Kier alpha value is -2.54. The number of nitrogens with zero attached hydrogens (tertiary/aromatic N) is 2. The Morgan fingerprint density at radius 3 is 2.24 bits per heavy atom. The van der Waals surface area contributed by atoms with Crippen LogP contribution in [-0.2, 0) is 14.3 Å². The number of benzene rings is 2. The lowest BCUT2D eigenvalue weighted by Gasteiger charge is -2.29. The van der Waals surface area contributed by atoms with Crippen LogP contribution in [-0.4, -0.2) is 50.1 Å². The Labute approximate surface area is 178 Å². The molecule has 8 heteroatoms. The third-order valence-corrected chi connectivity index (χ3v) is 5.39. The number of imide groups is 1. The summed E-state index contributed by atoms with van der Waals surface area (Å²) in [7, 11) is 1.48. The molecular formula is C21H18Cl2N2O4. The normalized spacial score (nSPS) is 17.3. The van der Waals surface area contributed by atoms with E-state index in [0.29, 0.717) is 64.6 Å². The smallest absolute Gasteiger partial charge is 0.282 e. The van der Waals surface area contributed by atoms with Gasteiger partial charge in [0.25, 0.3) is 11.8 Å². The predicted molar refractivity (Wildman–Crippen MR) is 111 cm³/mol. The van der Waals surface area contributed by atoms with Gasteiger partial charge in [-0.05, 0) is 35.9 Å². The molecule has 2 aliphatic rings. The highest BCUT2D eigenvalue weighted by atomic mass is 35.5. The average Bonchev–Trinajstić information content (AvgIpc) is 2.99. The quantitative estimate of drug-likeness (QED) is 0.690. The van der Waals surface area contributed by atoms with Crippen LogP contribution >= 0.6 is 23.2 Å². The fourth-order valence-corrected chi connectivity index (χ4v) is 3.82. The molecule has 150 valence electrons. The van der Waals surface area contributed by atoms with Crippen molar-refractivity contribution in [2.75, 3.05) is 38.3 Å². The fourth-order valence-electron chi connectivity index (χ4n) is 3.53. The standard InChI is InChI=1S/C21H18Cl2N2O4/c1-28-17-7-6-15(23)12-16(17)25-20(26)18(13-2-4-14(22)5-3-13)19(21(25)27)24-8-10-29-11-9-24/h2-7,12H,8-11H2,1H3. The van der Waals surface area contributed by atoms with Crippen molar-refractivity contribution in [1.82, 2.24) is 4.90 Å². The first-order valence-corrected chi connectivity index (χ1v) is 9.82. The highest BCUT2D eigenvalue weighted by Crippen LogP contribution is 2.40. The van der Waals surface area contributed by atoms with Crippen LogP contribution in [0.15, 0.2) is 48.2 Å². The summed E-state index contributed by atoms with van der Waals surface area (Å²) in [6.45, 7) is 2.01. The Morgan fingerprint density at radius 2 is 1.59 bits per heavy atom. The zero-order valence-electron chi connectivity index (χ0n) is 15.7. The van der Waals surface area contributed by atoms with Crippen molar-refractivity contribution in [2.24, 2.45) is 0 Å². The average molecular weight is 433 g/mol. The molecule has 0 bridgehead atoms. The van der Waals surface area contributed by atoms with Gasteiger partial charge in [-0.25, -0.2) is 4.90 Å². The minimum Gasteiger partial charge on any atom is -0.495 e. The van der Waals surface area contributed by atoms with Gasteiger partial charge < -0.3 is 14.4 Å². The van der Waals surface area contributed by atoms with Gasteiger partial charge in [0.05, 0.1) is 31.6 Å². The zero-order valence-corrected chi connectivity index (χ0v) is 17.2. The molecule has 1 fully saturated rings. The van der Waals surface area contributed by atoms with Crippen molar-refractivity contribution < 1.29 is 19.1 Å². The predicted octanol–water partition coefficient (Wildman–Crippen LogP) is 3.62. The fraction of sp³-hybridized carbons (Fsp3) is 0.238. The van der Waals surface area contributed by atoms with E-state index in [2.05, 4.69) is 0 Å². The molecule has 0 atom stereocenters. The van der Waals surface area contributed by atoms with Crippen molar-refractivity contribution in [1.29, 1.82) is 0 Å². The van der Waals surface area contributed by atoms with Gasteiger partial charge in [0.1, 0.15) is 11.4 Å². The van der Waals surface area contributed by atoms with Gasteiger partial charge in [0.15, 0.2) is 0 Å². The number of hydrogen-bond acceptors (Lipinski definition) is 5. The Morgan fingerprint density at radius 1 is 0.931 bits per heavy atom. The van der Waals surface area contributed by atoms with Gasteiger partial charge >= 0.3 is 0 Å². The molecule has 2 heterocycles. The summed E-state index contributed by atoms with van der Waals surface area (Å²) < 4.78 is 10.8. The molecule has 0 aliphatic carbocycles. The van der Waals surface area contributed by atoms with Gasteiger partial charge in [-0.15, -0.1) is 0 Å². The van der Waals surface area contributed by atoms with E-state index in [0.717, 1.165) is 4.90 Å². The Bertz CT molecular complexity index is 998. The van der Waals surface area contributed by atoms with Crippen LogP contribution < -0.4 is 9.64 Å².